The quantitative estimate of drug-likeness (QED) is 0.210. The van der Waals surface area contributed by atoms with Gasteiger partial charge < -0.3 is 4.74 Å². The molecule has 0 radical (unpaired) electrons. The van der Waals surface area contributed by atoms with Crippen LogP contribution in [0.5, 0.6) is 0 Å². The zero-order valence-electron chi connectivity index (χ0n) is 15.7. The number of benzene rings is 1. The third-order valence-electron chi connectivity index (χ3n) is 3.95. The minimum Gasteiger partial charge on any atom is -0.461 e. The molecule has 0 aliphatic heterocycles. The SMILES string of the molecule is Cc1ccc(CSc2nc(Cl)c3c(C)c(C(=O)OCC(C)C)sc3n2)cc1. The Morgan fingerprint density at radius 1 is 1.22 bits per heavy atom. The van der Waals surface area contributed by atoms with Crippen molar-refractivity contribution in [1.82, 2.24) is 9.97 Å². The van der Waals surface area contributed by atoms with Crippen LogP contribution in [-0.4, -0.2) is 22.5 Å². The van der Waals surface area contributed by atoms with Crippen LogP contribution in [-0.2, 0) is 10.5 Å². The first-order valence-corrected chi connectivity index (χ1v) is 10.8. The van der Waals surface area contributed by atoms with Crippen LogP contribution in [0.1, 0.15) is 40.2 Å². The normalized spacial score (nSPS) is 11.3. The minimum absolute atomic E-state index is 0.289. The number of thiophene rings is 1. The Morgan fingerprint density at radius 3 is 2.59 bits per heavy atom. The zero-order chi connectivity index (χ0) is 19.6. The molecule has 0 saturated heterocycles. The predicted octanol–water partition coefficient (Wildman–Crippen LogP) is 6.07. The molecule has 0 saturated carbocycles. The van der Waals surface area contributed by atoms with Gasteiger partial charge in [-0.15, -0.1) is 11.3 Å². The first-order valence-electron chi connectivity index (χ1n) is 8.67. The summed E-state index contributed by atoms with van der Waals surface area (Å²) >= 11 is 9.25. The lowest BCUT2D eigenvalue weighted by atomic mass is 10.2. The molecule has 0 amide bonds. The number of fused-ring (bicyclic) bond motifs is 1. The fourth-order valence-corrected chi connectivity index (χ4v) is 4.82. The van der Waals surface area contributed by atoms with Gasteiger partial charge in [0.15, 0.2) is 5.16 Å². The standard InChI is InChI=1S/C20H21ClN2O2S2/c1-11(2)9-25-19(24)16-13(4)15-17(21)22-20(23-18(15)27-16)26-10-14-7-5-12(3)6-8-14/h5-8,11H,9-10H2,1-4H3. The van der Waals surface area contributed by atoms with Crippen molar-refractivity contribution in [3.05, 3.63) is 51.0 Å². The molecule has 0 fully saturated rings. The number of nitrogens with zero attached hydrogens (tertiary/aromatic N) is 2. The summed E-state index contributed by atoms with van der Waals surface area (Å²) in [4.78, 5) is 22.6. The van der Waals surface area contributed by atoms with Gasteiger partial charge in [0.25, 0.3) is 0 Å². The second-order valence-electron chi connectivity index (χ2n) is 6.80. The number of hydrogen-bond donors (Lipinski definition) is 0. The van der Waals surface area contributed by atoms with Gasteiger partial charge in [-0.25, -0.2) is 14.8 Å². The molecule has 0 bridgehead atoms. The Hall–Kier alpha value is -1.63. The molecule has 2 aromatic heterocycles. The van der Waals surface area contributed by atoms with Gasteiger partial charge in [0.05, 0.1) is 12.0 Å². The summed E-state index contributed by atoms with van der Waals surface area (Å²) in [6.07, 6.45) is 0. The van der Waals surface area contributed by atoms with E-state index in [0.717, 1.165) is 21.5 Å². The van der Waals surface area contributed by atoms with E-state index in [1.165, 1.54) is 34.2 Å². The lowest BCUT2D eigenvalue weighted by Crippen LogP contribution is -2.09. The van der Waals surface area contributed by atoms with Crippen LogP contribution >= 0.6 is 34.7 Å². The number of halogens is 1. The number of ether oxygens (including phenoxy) is 1. The number of rotatable bonds is 6. The summed E-state index contributed by atoms with van der Waals surface area (Å²) in [5, 5.41) is 1.72. The predicted molar refractivity (Wildman–Crippen MR) is 113 cm³/mol. The van der Waals surface area contributed by atoms with Gasteiger partial charge in [0.1, 0.15) is 14.9 Å². The number of carbonyl (C=O) groups is 1. The van der Waals surface area contributed by atoms with Gasteiger partial charge in [-0.3, -0.25) is 0 Å². The molecule has 0 unspecified atom stereocenters. The van der Waals surface area contributed by atoms with E-state index in [1.807, 2.05) is 20.8 Å². The molecule has 27 heavy (non-hydrogen) atoms. The van der Waals surface area contributed by atoms with Crippen LogP contribution in [0.3, 0.4) is 0 Å². The summed E-state index contributed by atoms with van der Waals surface area (Å²) in [5.41, 5.74) is 3.21. The first kappa shape index (κ1) is 20.1. The summed E-state index contributed by atoms with van der Waals surface area (Å²) in [5.74, 6) is 0.723. The van der Waals surface area contributed by atoms with Crippen molar-refractivity contribution in [3.63, 3.8) is 0 Å². The van der Waals surface area contributed by atoms with Crippen molar-refractivity contribution >= 4 is 50.9 Å². The summed E-state index contributed by atoms with van der Waals surface area (Å²) < 4.78 is 5.36. The van der Waals surface area contributed by atoms with Crippen LogP contribution in [0.4, 0.5) is 0 Å². The summed E-state index contributed by atoms with van der Waals surface area (Å²) in [7, 11) is 0. The van der Waals surface area contributed by atoms with Crippen LogP contribution in [0.25, 0.3) is 10.2 Å². The fraction of sp³-hybridized carbons (Fsp3) is 0.350. The number of aromatic nitrogens is 2. The van der Waals surface area contributed by atoms with Crippen LogP contribution in [0.2, 0.25) is 5.15 Å². The maximum absolute atomic E-state index is 12.4. The molecule has 3 rings (SSSR count). The molecule has 142 valence electrons. The third-order valence-corrected chi connectivity index (χ3v) is 6.30. The molecule has 0 N–H and O–H groups in total. The number of aryl methyl sites for hydroxylation is 2. The molecular weight excluding hydrogens is 400 g/mol. The average Bonchev–Trinajstić information content (AvgIpc) is 2.96. The van der Waals surface area contributed by atoms with E-state index < -0.39 is 0 Å². The Morgan fingerprint density at radius 2 is 1.93 bits per heavy atom. The number of esters is 1. The molecule has 3 aromatic rings. The topological polar surface area (TPSA) is 52.1 Å². The highest BCUT2D eigenvalue weighted by Gasteiger charge is 2.21. The summed E-state index contributed by atoms with van der Waals surface area (Å²) in [6, 6.07) is 8.37. The van der Waals surface area contributed by atoms with Crippen LogP contribution in [0, 0.1) is 19.8 Å². The fourth-order valence-electron chi connectivity index (χ4n) is 2.47. The molecule has 4 nitrogen and oxygen atoms in total. The monoisotopic (exact) mass is 420 g/mol. The summed E-state index contributed by atoms with van der Waals surface area (Å²) in [6.45, 7) is 8.33. The van der Waals surface area contributed by atoms with E-state index in [9.17, 15) is 4.79 Å². The van der Waals surface area contributed by atoms with Crippen molar-refractivity contribution in [2.45, 2.75) is 38.6 Å². The van der Waals surface area contributed by atoms with Crippen molar-refractivity contribution in [2.75, 3.05) is 6.61 Å². The largest absolute Gasteiger partial charge is 0.461 e. The van der Waals surface area contributed by atoms with Crippen LogP contribution in [0.15, 0.2) is 29.4 Å². The van der Waals surface area contributed by atoms with E-state index in [-0.39, 0.29) is 11.9 Å². The average molecular weight is 421 g/mol. The third kappa shape index (κ3) is 4.81. The molecule has 0 atom stereocenters. The van der Waals surface area contributed by atoms with Gasteiger partial charge in [0, 0.05) is 5.75 Å². The van der Waals surface area contributed by atoms with E-state index >= 15 is 0 Å². The Labute approximate surface area is 172 Å². The van der Waals surface area contributed by atoms with E-state index in [1.54, 1.807) is 0 Å². The Balaban J connectivity index is 1.83. The smallest absolute Gasteiger partial charge is 0.348 e. The molecule has 0 spiro atoms. The lowest BCUT2D eigenvalue weighted by molar-refractivity contribution is 0.0464. The van der Waals surface area contributed by atoms with E-state index in [2.05, 4.69) is 41.2 Å². The van der Waals surface area contributed by atoms with Gasteiger partial charge >= 0.3 is 5.97 Å². The number of carbonyl (C=O) groups excluding carboxylic acids is 1. The molecule has 0 aliphatic carbocycles. The van der Waals surface area contributed by atoms with Gasteiger partial charge in [0.2, 0.25) is 0 Å². The lowest BCUT2D eigenvalue weighted by Gasteiger charge is -2.06. The van der Waals surface area contributed by atoms with Gasteiger partial charge in [-0.2, -0.15) is 0 Å². The minimum atomic E-state index is -0.325. The number of hydrogen-bond acceptors (Lipinski definition) is 6. The van der Waals surface area contributed by atoms with Crippen molar-refractivity contribution in [1.29, 1.82) is 0 Å². The molecule has 2 heterocycles. The van der Waals surface area contributed by atoms with Gasteiger partial charge in [-0.1, -0.05) is 67.0 Å². The van der Waals surface area contributed by atoms with Crippen molar-refractivity contribution in [2.24, 2.45) is 5.92 Å². The van der Waals surface area contributed by atoms with Crippen molar-refractivity contribution in [3.8, 4) is 0 Å². The maximum Gasteiger partial charge on any atom is 0.348 e. The highest BCUT2D eigenvalue weighted by Crippen LogP contribution is 2.36. The second-order valence-corrected chi connectivity index (χ2v) is 9.10. The highest BCUT2D eigenvalue weighted by atomic mass is 35.5. The zero-order valence-corrected chi connectivity index (χ0v) is 18.1. The second kappa shape index (κ2) is 8.59. The Bertz CT molecular complexity index is 968. The molecule has 7 heteroatoms. The molecule has 0 aliphatic rings. The highest BCUT2D eigenvalue weighted by molar-refractivity contribution is 7.98. The molecular formula is C20H21ClN2O2S2. The van der Waals surface area contributed by atoms with Gasteiger partial charge in [-0.05, 0) is 30.9 Å². The first-order chi connectivity index (χ1) is 12.8. The van der Waals surface area contributed by atoms with E-state index in [0.29, 0.717) is 21.8 Å². The van der Waals surface area contributed by atoms with Crippen LogP contribution < -0.4 is 0 Å². The number of thioether (sulfide) groups is 1. The maximum atomic E-state index is 12.4. The van der Waals surface area contributed by atoms with Crippen molar-refractivity contribution < 1.29 is 9.53 Å². The molecule has 1 aromatic carbocycles. The van der Waals surface area contributed by atoms with E-state index in [4.69, 9.17) is 16.3 Å². The Kier molecular flexibility index (Phi) is 6.40.